The molecule has 1 aromatic heterocycles. The monoisotopic (exact) mass is 347 g/mol. The van der Waals surface area contributed by atoms with Crippen molar-refractivity contribution >= 4 is 17.7 Å². The quantitative estimate of drug-likeness (QED) is 0.779. The van der Waals surface area contributed by atoms with Gasteiger partial charge >= 0.3 is 0 Å². The van der Waals surface area contributed by atoms with Crippen molar-refractivity contribution in [3.63, 3.8) is 0 Å². The van der Waals surface area contributed by atoms with E-state index in [2.05, 4.69) is 53.7 Å². The summed E-state index contributed by atoms with van der Waals surface area (Å²) in [5, 5.41) is 15.4. The van der Waals surface area contributed by atoms with Gasteiger partial charge in [-0.1, -0.05) is 44.7 Å². The molecule has 2 rings (SSSR count). The SMILES string of the molecule is CCC(C)(C)NC(=O)CSc1nnnn1-c1ccc(C(C)C)cc1. The van der Waals surface area contributed by atoms with E-state index in [-0.39, 0.29) is 17.2 Å². The highest BCUT2D eigenvalue weighted by Crippen LogP contribution is 2.21. The highest BCUT2D eigenvalue weighted by molar-refractivity contribution is 7.99. The summed E-state index contributed by atoms with van der Waals surface area (Å²) in [4.78, 5) is 12.1. The van der Waals surface area contributed by atoms with Gasteiger partial charge in [0.2, 0.25) is 11.1 Å². The minimum atomic E-state index is -0.198. The summed E-state index contributed by atoms with van der Waals surface area (Å²) in [5.41, 5.74) is 1.96. The molecule has 1 N–H and O–H groups in total. The van der Waals surface area contributed by atoms with Gasteiger partial charge in [-0.3, -0.25) is 4.79 Å². The Morgan fingerprint density at radius 3 is 2.54 bits per heavy atom. The number of hydrogen-bond acceptors (Lipinski definition) is 5. The Morgan fingerprint density at radius 1 is 1.29 bits per heavy atom. The zero-order valence-electron chi connectivity index (χ0n) is 14.9. The number of amides is 1. The molecule has 2 aromatic rings. The van der Waals surface area contributed by atoms with Crippen LogP contribution in [0.3, 0.4) is 0 Å². The third-order valence-electron chi connectivity index (χ3n) is 3.94. The molecule has 1 amide bonds. The van der Waals surface area contributed by atoms with Gasteiger partial charge in [-0.15, -0.1) is 5.10 Å². The van der Waals surface area contributed by atoms with E-state index < -0.39 is 0 Å². The van der Waals surface area contributed by atoms with Crippen LogP contribution >= 0.6 is 11.8 Å². The van der Waals surface area contributed by atoms with E-state index in [9.17, 15) is 4.79 Å². The number of aromatic nitrogens is 4. The van der Waals surface area contributed by atoms with Crippen molar-refractivity contribution in [1.82, 2.24) is 25.5 Å². The average molecular weight is 347 g/mol. The molecule has 0 spiro atoms. The van der Waals surface area contributed by atoms with Crippen LogP contribution in [-0.4, -0.2) is 37.4 Å². The van der Waals surface area contributed by atoms with E-state index in [1.807, 2.05) is 26.0 Å². The van der Waals surface area contributed by atoms with Crippen molar-refractivity contribution in [3.8, 4) is 5.69 Å². The van der Waals surface area contributed by atoms with Gasteiger partial charge in [-0.05, 0) is 54.3 Å². The van der Waals surface area contributed by atoms with Crippen LogP contribution in [0.5, 0.6) is 0 Å². The molecule has 1 aromatic carbocycles. The molecule has 1 heterocycles. The van der Waals surface area contributed by atoms with Gasteiger partial charge in [0, 0.05) is 5.54 Å². The number of tetrazole rings is 1. The van der Waals surface area contributed by atoms with Gasteiger partial charge in [0.1, 0.15) is 0 Å². The van der Waals surface area contributed by atoms with Crippen LogP contribution in [0, 0.1) is 0 Å². The maximum Gasteiger partial charge on any atom is 0.230 e. The highest BCUT2D eigenvalue weighted by atomic mass is 32.2. The average Bonchev–Trinajstić information content (AvgIpc) is 3.01. The van der Waals surface area contributed by atoms with Gasteiger partial charge < -0.3 is 5.32 Å². The molecule has 0 atom stereocenters. The fourth-order valence-corrected chi connectivity index (χ4v) is 2.75. The molecule has 0 bridgehead atoms. The Balaban J connectivity index is 2.04. The van der Waals surface area contributed by atoms with Gasteiger partial charge in [-0.2, -0.15) is 4.68 Å². The molecule has 0 radical (unpaired) electrons. The lowest BCUT2D eigenvalue weighted by molar-refractivity contribution is -0.120. The van der Waals surface area contributed by atoms with Crippen LogP contribution in [0.25, 0.3) is 5.69 Å². The van der Waals surface area contributed by atoms with Gasteiger partial charge in [0.05, 0.1) is 11.4 Å². The van der Waals surface area contributed by atoms with Crippen molar-refractivity contribution in [3.05, 3.63) is 29.8 Å². The van der Waals surface area contributed by atoms with Crippen LogP contribution in [0.2, 0.25) is 0 Å². The molecule has 24 heavy (non-hydrogen) atoms. The first-order valence-electron chi connectivity index (χ1n) is 8.15. The summed E-state index contributed by atoms with van der Waals surface area (Å²) in [6.45, 7) is 10.4. The summed E-state index contributed by atoms with van der Waals surface area (Å²) in [7, 11) is 0. The third-order valence-corrected chi connectivity index (χ3v) is 4.86. The molecular weight excluding hydrogens is 322 g/mol. The van der Waals surface area contributed by atoms with Crippen molar-refractivity contribution in [1.29, 1.82) is 0 Å². The van der Waals surface area contributed by atoms with Crippen molar-refractivity contribution in [2.75, 3.05) is 5.75 Å². The lowest BCUT2D eigenvalue weighted by atomic mass is 10.0. The van der Waals surface area contributed by atoms with Crippen molar-refractivity contribution < 1.29 is 4.79 Å². The first-order chi connectivity index (χ1) is 11.3. The van der Waals surface area contributed by atoms with Crippen LogP contribution in [-0.2, 0) is 4.79 Å². The largest absolute Gasteiger partial charge is 0.351 e. The van der Waals surface area contributed by atoms with E-state index in [0.29, 0.717) is 11.1 Å². The second kappa shape index (κ2) is 7.79. The number of carbonyl (C=O) groups is 1. The molecular formula is C17H25N5OS. The molecule has 0 fully saturated rings. The second-order valence-corrected chi connectivity index (χ2v) is 7.64. The normalized spacial score (nSPS) is 11.8. The van der Waals surface area contributed by atoms with Crippen LogP contribution < -0.4 is 5.32 Å². The molecule has 7 heteroatoms. The molecule has 130 valence electrons. The van der Waals surface area contributed by atoms with E-state index >= 15 is 0 Å². The lowest BCUT2D eigenvalue weighted by Crippen LogP contribution is -2.43. The Morgan fingerprint density at radius 2 is 1.96 bits per heavy atom. The number of rotatable bonds is 7. The number of hydrogen-bond donors (Lipinski definition) is 1. The minimum absolute atomic E-state index is 0.0171. The zero-order valence-corrected chi connectivity index (χ0v) is 15.7. The maximum atomic E-state index is 12.1. The first kappa shape index (κ1) is 18.4. The molecule has 0 saturated heterocycles. The van der Waals surface area contributed by atoms with Crippen LogP contribution in [0.15, 0.2) is 29.4 Å². The number of benzene rings is 1. The summed E-state index contributed by atoms with van der Waals surface area (Å²) < 4.78 is 1.66. The molecule has 0 aliphatic carbocycles. The van der Waals surface area contributed by atoms with E-state index in [1.54, 1.807) is 4.68 Å². The van der Waals surface area contributed by atoms with E-state index in [4.69, 9.17) is 0 Å². The van der Waals surface area contributed by atoms with Gasteiger partial charge in [0.25, 0.3) is 0 Å². The fourth-order valence-electron chi connectivity index (χ4n) is 2.06. The van der Waals surface area contributed by atoms with Crippen molar-refractivity contribution in [2.24, 2.45) is 0 Å². The first-order valence-corrected chi connectivity index (χ1v) is 9.13. The predicted molar refractivity (Wildman–Crippen MR) is 96.5 cm³/mol. The standard InChI is InChI=1S/C17H25N5OS/c1-6-17(4,5)18-15(23)11-24-16-19-20-21-22(16)14-9-7-13(8-10-14)12(2)3/h7-10,12H,6,11H2,1-5H3,(H,18,23). The van der Waals surface area contributed by atoms with Crippen molar-refractivity contribution in [2.45, 2.75) is 57.7 Å². The van der Waals surface area contributed by atoms with Crippen LogP contribution in [0.4, 0.5) is 0 Å². The maximum absolute atomic E-state index is 12.1. The van der Waals surface area contributed by atoms with E-state index in [1.165, 1.54) is 17.3 Å². The second-order valence-electron chi connectivity index (χ2n) is 6.69. The highest BCUT2D eigenvalue weighted by Gasteiger charge is 2.19. The summed E-state index contributed by atoms with van der Waals surface area (Å²) >= 11 is 1.33. The smallest absolute Gasteiger partial charge is 0.230 e. The molecule has 0 aliphatic heterocycles. The Bertz CT molecular complexity index is 679. The number of nitrogens with zero attached hydrogens (tertiary/aromatic N) is 4. The Labute approximate surface area is 147 Å². The fraction of sp³-hybridized carbons (Fsp3) is 0.529. The number of carbonyl (C=O) groups excluding carboxylic acids is 1. The summed E-state index contributed by atoms with van der Waals surface area (Å²) in [5.74, 6) is 0.748. The van der Waals surface area contributed by atoms with E-state index in [0.717, 1.165) is 12.1 Å². The third kappa shape index (κ3) is 4.80. The molecule has 6 nitrogen and oxygen atoms in total. The molecule has 0 saturated carbocycles. The minimum Gasteiger partial charge on any atom is -0.351 e. The number of nitrogens with one attached hydrogen (secondary N) is 1. The number of thioether (sulfide) groups is 1. The summed E-state index contributed by atoms with van der Waals surface area (Å²) in [6.07, 6.45) is 0.878. The van der Waals surface area contributed by atoms with Crippen LogP contribution in [0.1, 0.15) is 52.5 Å². The van der Waals surface area contributed by atoms with Gasteiger partial charge in [-0.25, -0.2) is 0 Å². The zero-order chi connectivity index (χ0) is 17.7. The molecule has 0 aliphatic rings. The summed E-state index contributed by atoms with van der Waals surface area (Å²) in [6, 6.07) is 8.14. The molecule has 0 unspecified atom stereocenters. The Hall–Kier alpha value is -1.89. The lowest BCUT2D eigenvalue weighted by Gasteiger charge is -2.24. The van der Waals surface area contributed by atoms with Gasteiger partial charge in [0.15, 0.2) is 0 Å². The predicted octanol–water partition coefficient (Wildman–Crippen LogP) is 3.18. The Kier molecular flexibility index (Phi) is 5.99. The topological polar surface area (TPSA) is 72.7 Å².